The summed E-state index contributed by atoms with van der Waals surface area (Å²) < 4.78 is 24.5. The molecule has 0 saturated heterocycles. The van der Waals surface area contributed by atoms with Crippen molar-refractivity contribution in [2.24, 2.45) is 0 Å². The Kier molecular flexibility index (Phi) is 11.0. The highest BCUT2D eigenvalue weighted by molar-refractivity contribution is 5.88. The first kappa shape index (κ1) is 27.7. The van der Waals surface area contributed by atoms with Crippen LogP contribution in [0, 0.1) is 5.82 Å². The second-order valence-electron chi connectivity index (χ2n) is 8.77. The maximum absolute atomic E-state index is 13.5. The second-order valence-corrected chi connectivity index (χ2v) is 8.77. The minimum atomic E-state index is -0.700. The molecule has 7 heteroatoms. The first-order chi connectivity index (χ1) is 18.0. The number of benzene rings is 3. The van der Waals surface area contributed by atoms with Gasteiger partial charge in [-0.15, -0.1) is 0 Å². The summed E-state index contributed by atoms with van der Waals surface area (Å²) in [6.45, 7) is 3.07. The van der Waals surface area contributed by atoms with Gasteiger partial charge in [-0.25, -0.2) is 4.39 Å². The maximum Gasteiger partial charge on any atom is 0.243 e. The number of ether oxygens (including phenoxy) is 2. The van der Waals surface area contributed by atoms with E-state index in [-0.39, 0.29) is 30.6 Å². The van der Waals surface area contributed by atoms with Crippen LogP contribution in [-0.2, 0) is 22.6 Å². The third kappa shape index (κ3) is 8.94. The molecule has 0 aliphatic rings. The Bertz CT molecular complexity index is 1100. The van der Waals surface area contributed by atoms with E-state index in [1.165, 1.54) is 12.1 Å². The number of halogens is 1. The van der Waals surface area contributed by atoms with Crippen LogP contribution in [0.4, 0.5) is 4.39 Å². The van der Waals surface area contributed by atoms with Crippen molar-refractivity contribution in [3.05, 3.63) is 95.8 Å². The lowest BCUT2D eigenvalue weighted by Crippen LogP contribution is -2.50. The Labute approximate surface area is 218 Å². The highest BCUT2D eigenvalue weighted by Gasteiger charge is 2.30. The minimum Gasteiger partial charge on any atom is -0.497 e. The molecule has 1 unspecified atom stereocenters. The van der Waals surface area contributed by atoms with E-state index in [0.717, 1.165) is 23.3 Å². The number of carbonyl (C=O) groups excluding carboxylic acids is 2. The van der Waals surface area contributed by atoms with Crippen LogP contribution in [0.15, 0.2) is 78.9 Å². The standard InChI is InChI=1S/C30H35FN2O4/c1-3-19-32-30(35)28(21-23-8-5-4-6-9-23)33(22-24-11-13-25(31)14-12-24)29(34)10-7-20-37-27-17-15-26(36-2)16-18-27/h4-6,8-9,11-18,28H,3,7,10,19-22H2,1-2H3,(H,32,35). The molecule has 0 radical (unpaired) electrons. The Morgan fingerprint density at radius 1 is 0.919 bits per heavy atom. The zero-order valence-corrected chi connectivity index (χ0v) is 21.5. The number of nitrogens with one attached hydrogen (secondary N) is 1. The van der Waals surface area contributed by atoms with E-state index in [9.17, 15) is 14.0 Å². The van der Waals surface area contributed by atoms with Crippen LogP contribution in [-0.4, -0.2) is 43.0 Å². The molecule has 0 aliphatic carbocycles. The van der Waals surface area contributed by atoms with Crippen LogP contribution < -0.4 is 14.8 Å². The van der Waals surface area contributed by atoms with E-state index < -0.39 is 6.04 Å². The van der Waals surface area contributed by atoms with Gasteiger partial charge in [-0.2, -0.15) is 0 Å². The van der Waals surface area contributed by atoms with Gasteiger partial charge < -0.3 is 19.7 Å². The molecule has 3 rings (SSSR count). The average Bonchev–Trinajstić information content (AvgIpc) is 2.93. The van der Waals surface area contributed by atoms with Gasteiger partial charge in [0.2, 0.25) is 11.8 Å². The van der Waals surface area contributed by atoms with Crippen molar-refractivity contribution in [3.8, 4) is 11.5 Å². The molecule has 0 fully saturated rings. The zero-order chi connectivity index (χ0) is 26.5. The molecule has 0 heterocycles. The summed E-state index contributed by atoms with van der Waals surface area (Å²) >= 11 is 0. The van der Waals surface area contributed by atoms with Crippen LogP contribution in [0.1, 0.15) is 37.3 Å². The van der Waals surface area contributed by atoms with Gasteiger partial charge in [0.15, 0.2) is 0 Å². The summed E-state index contributed by atoms with van der Waals surface area (Å²) in [5.41, 5.74) is 1.71. The van der Waals surface area contributed by atoms with E-state index in [2.05, 4.69) is 5.32 Å². The van der Waals surface area contributed by atoms with E-state index >= 15 is 0 Å². The van der Waals surface area contributed by atoms with E-state index in [1.807, 2.05) is 61.5 Å². The molecule has 1 atom stereocenters. The van der Waals surface area contributed by atoms with E-state index in [1.54, 1.807) is 24.1 Å². The number of hydrogen-bond donors (Lipinski definition) is 1. The quantitative estimate of drug-likeness (QED) is 0.307. The predicted molar refractivity (Wildman–Crippen MR) is 142 cm³/mol. The van der Waals surface area contributed by atoms with E-state index in [0.29, 0.717) is 31.7 Å². The molecule has 2 amide bonds. The Hall–Kier alpha value is -3.87. The fraction of sp³-hybridized carbons (Fsp3) is 0.333. The van der Waals surface area contributed by atoms with Gasteiger partial charge in [0.05, 0.1) is 13.7 Å². The normalized spacial score (nSPS) is 11.4. The number of carbonyl (C=O) groups is 2. The number of rotatable bonds is 14. The SMILES string of the molecule is CCCNC(=O)C(Cc1ccccc1)N(Cc1ccc(F)cc1)C(=O)CCCOc1ccc(OC)cc1. The summed E-state index contributed by atoms with van der Waals surface area (Å²) in [4.78, 5) is 28.4. The topological polar surface area (TPSA) is 67.9 Å². The molecule has 196 valence electrons. The smallest absolute Gasteiger partial charge is 0.243 e. The second kappa shape index (κ2) is 14.6. The van der Waals surface area contributed by atoms with Gasteiger partial charge in [0.25, 0.3) is 0 Å². The van der Waals surface area contributed by atoms with E-state index in [4.69, 9.17) is 9.47 Å². The first-order valence-corrected chi connectivity index (χ1v) is 12.6. The lowest BCUT2D eigenvalue weighted by atomic mass is 10.0. The molecule has 6 nitrogen and oxygen atoms in total. The minimum absolute atomic E-state index is 0.157. The zero-order valence-electron chi connectivity index (χ0n) is 21.5. The lowest BCUT2D eigenvalue weighted by molar-refractivity contribution is -0.141. The van der Waals surface area contributed by atoms with Gasteiger partial charge in [0, 0.05) is 25.9 Å². The third-order valence-corrected chi connectivity index (χ3v) is 5.95. The van der Waals surface area contributed by atoms with Crippen LogP contribution in [0.2, 0.25) is 0 Å². The van der Waals surface area contributed by atoms with Crippen molar-refractivity contribution in [1.82, 2.24) is 10.2 Å². The molecular weight excluding hydrogens is 471 g/mol. The van der Waals surface area contributed by atoms with Gasteiger partial charge in [-0.05, 0) is 60.4 Å². The van der Waals surface area contributed by atoms with Crippen LogP contribution in [0.25, 0.3) is 0 Å². The lowest BCUT2D eigenvalue weighted by Gasteiger charge is -2.31. The maximum atomic E-state index is 13.5. The highest BCUT2D eigenvalue weighted by Crippen LogP contribution is 2.19. The molecule has 37 heavy (non-hydrogen) atoms. The van der Waals surface area contributed by atoms with Crippen molar-refractivity contribution >= 4 is 11.8 Å². The highest BCUT2D eigenvalue weighted by atomic mass is 19.1. The molecule has 3 aromatic rings. The van der Waals surface area contributed by atoms with Crippen molar-refractivity contribution in [1.29, 1.82) is 0 Å². The monoisotopic (exact) mass is 506 g/mol. The largest absolute Gasteiger partial charge is 0.497 e. The Morgan fingerprint density at radius 2 is 1.59 bits per heavy atom. The van der Waals surface area contributed by atoms with Gasteiger partial charge in [-0.1, -0.05) is 49.4 Å². The molecule has 0 aliphatic heterocycles. The molecule has 3 aromatic carbocycles. The Morgan fingerprint density at radius 3 is 2.24 bits per heavy atom. The van der Waals surface area contributed by atoms with Crippen molar-refractivity contribution in [2.75, 3.05) is 20.3 Å². The summed E-state index contributed by atoms with van der Waals surface area (Å²) in [6.07, 6.45) is 1.87. The van der Waals surface area contributed by atoms with Crippen molar-refractivity contribution < 1.29 is 23.5 Å². The van der Waals surface area contributed by atoms with Gasteiger partial charge in [-0.3, -0.25) is 9.59 Å². The summed E-state index contributed by atoms with van der Waals surface area (Å²) in [5.74, 6) is 0.729. The van der Waals surface area contributed by atoms with Crippen LogP contribution >= 0.6 is 0 Å². The molecular formula is C30H35FN2O4. The third-order valence-electron chi connectivity index (χ3n) is 5.95. The molecule has 0 aromatic heterocycles. The van der Waals surface area contributed by atoms with Crippen molar-refractivity contribution in [3.63, 3.8) is 0 Å². The van der Waals surface area contributed by atoms with Gasteiger partial charge >= 0.3 is 0 Å². The van der Waals surface area contributed by atoms with Crippen LogP contribution in [0.3, 0.4) is 0 Å². The summed E-state index contributed by atoms with van der Waals surface area (Å²) in [5, 5.41) is 2.95. The van der Waals surface area contributed by atoms with Crippen molar-refractivity contribution in [2.45, 2.75) is 45.2 Å². The number of amides is 2. The molecule has 0 spiro atoms. The fourth-order valence-electron chi connectivity index (χ4n) is 3.94. The molecule has 0 saturated carbocycles. The summed E-state index contributed by atoms with van der Waals surface area (Å²) in [6, 6.07) is 22.2. The number of hydrogen-bond acceptors (Lipinski definition) is 4. The van der Waals surface area contributed by atoms with Gasteiger partial charge in [0.1, 0.15) is 23.4 Å². The number of nitrogens with zero attached hydrogens (tertiary/aromatic N) is 1. The molecule has 0 bridgehead atoms. The van der Waals surface area contributed by atoms with Crippen LogP contribution in [0.5, 0.6) is 11.5 Å². The number of methoxy groups -OCH3 is 1. The Balaban J connectivity index is 1.74. The molecule has 1 N–H and O–H groups in total. The summed E-state index contributed by atoms with van der Waals surface area (Å²) in [7, 11) is 1.60. The fourth-order valence-corrected chi connectivity index (χ4v) is 3.94. The average molecular weight is 507 g/mol. The first-order valence-electron chi connectivity index (χ1n) is 12.6. The predicted octanol–water partition coefficient (Wildman–Crippen LogP) is 5.16.